The number of hydrogen-bond donors (Lipinski definition) is 0. The molecule has 0 aliphatic rings. The lowest BCUT2D eigenvalue weighted by molar-refractivity contribution is 0.327. The van der Waals surface area contributed by atoms with Crippen LogP contribution >= 0.6 is 11.8 Å². The molecule has 0 atom stereocenters. The smallest absolute Gasteiger partial charge is 0.330 e. The van der Waals surface area contributed by atoms with Crippen molar-refractivity contribution in [3.05, 3.63) is 26.5 Å². The maximum Gasteiger partial charge on any atom is 0.330 e. The van der Waals surface area contributed by atoms with Crippen molar-refractivity contribution < 1.29 is 4.74 Å². The number of ether oxygens (including phenoxy) is 1. The van der Waals surface area contributed by atoms with Crippen molar-refractivity contribution in [3.8, 4) is 5.75 Å². The molecule has 0 saturated carbocycles. The lowest BCUT2D eigenvalue weighted by Crippen LogP contribution is -2.39. The molecule has 0 saturated heterocycles. The molecule has 0 radical (unpaired) electrons. The molecule has 5 nitrogen and oxygen atoms in total. The first kappa shape index (κ1) is 15.9. The highest BCUT2D eigenvalue weighted by atomic mass is 32.2. The van der Waals surface area contributed by atoms with Crippen LogP contribution in [0.4, 0.5) is 0 Å². The lowest BCUT2D eigenvalue weighted by atomic mass is 10.4. The van der Waals surface area contributed by atoms with Crippen molar-refractivity contribution in [1.29, 1.82) is 0 Å². The van der Waals surface area contributed by atoms with Crippen molar-refractivity contribution in [3.63, 3.8) is 0 Å². The van der Waals surface area contributed by atoms with Gasteiger partial charge in [0, 0.05) is 19.8 Å². The molecule has 0 bridgehead atoms. The first-order chi connectivity index (χ1) is 9.00. The van der Waals surface area contributed by atoms with Gasteiger partial charge in [-0.25, -0.2) is 4.79 Å². The summed E-state index contributed by atoms with van der Waals surface area (Å²) in [5.74, 6) is 2.25. The van der Waals surface area contributed by atoms with E-state index in [0.717, 1.165) is 16.1 Å². The molecule has 0 unspecified atom stereocenters. The Hall–Kier alpha value is -1.17. The normalized spacial score (nSPS) is 10.7. The number of nitrogens with zero attached hydrogens (tertiary/aromatic N) is 2. The van der Waals surface area contributed by atoms with Gasteiger partial charge in [0.05, 0.1) is 12.3 Å². The zero-order chi connectivity index (χ0) is 14.4. The summed E-state index contributed by atoms with van der Waals surface area (Å²) in [4.78, 5) is 23.6. The monoisotopic (exact) mass is 286 g/mol. The van der Waals surface area contributed by atoms with E-state index < -0.39 is 0 Å². The van der Waals surface area contributed by atoms with Gasteiger partial charge in [-0.15, -0.1) is 0 Å². The standard InChI is InChI=1S/C13H22N2O3S/c1-5-6-8-19-9-7-18-11-10(2)14(3)13(17)15(4)12(11)16/h5-9H2,1-4H3. The van der Waals surface area contributed by atoms with Crippen LogP contribution in [0.2, 0.25) is 0 Å². The van der Waals surface area contributed by atoms with E-state index in [2.05, 4.69) is 6.92 Å². The molecule has 0 fully saturated rings. The highest BCUT2D eigenvalue weighted by molar-refractivity contribution is 7.99. The van der Waals surface area contributed by atoms with Crippen LogP contribution in [0, 0.1) is 6.92 Å². The van der Waals surface area contributed by atoms with E-state index in [0.29, 0.717) is 12.3 Å². The lowest BCUT2D eigenvalue weighted by Gasteiger charge is -2.12. The molecule has 6 heteroatoms. The fourth-order valence-corrected chi connectivity index (χ4v) is 2.53. The summed E-state index contributed by atoms with van der Waals surface area (Å²) >= 11 is 1.82. The van der Waals surface area contributed by atoms with Gasteiger partial charge in [-0.05, 0) is 19.1 Å². The van der Waals surface area contributed by atoms with Crippen molar-refractivity contribution >= 4 is 11.8 Å². The molecule has 1 aromatic rings. The van der Waals surface area contributed by atoms with Crippen molar-refractivity contribution in [1.82, 2.24) is 9.13 Å². The summed E-state index contributed by atoms with van der Waals surface area (Å²) in [5.41, 5.74) is -0.113. The van der Waals surface area contributed by atoms with Gasteiger partial charge in [0.15, 0.2) is 0 Å². The molecule has 1 heterocycles. The van der Waals surface area contributed by atoms with Gasteiger partial charge in [0.1, 0.15) is 0 Å². The molecular weight excluding hydrogens is 264 g/mol. The van der Waals surface area contributed by atoms with Crippen molar-refractivity contribution in [2.75, 3.05) is 18.1 Å². The third kappa shape index (κ3) is 3.89. The van der Waals surface area contributed by atoms with E-state index in [9.17, 15) is 9.59 Å². The van der Waals surface area contributed by atoms with Gasteiger partial charge >= 0.3 is 5.69 Å². The Morgan fingerprint density at radius 1 is 1.16 bits per heavy atom. The maximum absolute atomic E-state index is 11.9. The molecule has 0 amide bonds. The molecule has 1 rings (SSSR count). The molecule has 0 spiro atoms. The summed E-state index contributed by atoms with van der Waals surface area (Å²) in [5, 5.41) is 0. The Labute approximate surface area is 117 Å². The Bertz CT molecular complexity index is 534. The van der Waals surface area contributed by atoms with Crippen LogP contribution in [-0.2, 0) is 14.1 Å². The topological polar surface area (TPSA) is 53.2 Å². The van der Waals surface area contributed by atoms with Crippen LogP contribution in [0.5, 0.6) is 5.75 Å². The number of unbranched alkanes of at least 4 members (excludes halogenated alkanes) is 1. The van der Waals surface area contributed by atoms with E-state index in [-0.39, 0.29) is 17.0 Å². The predicted molar refractivity (Wildman–Crippen MR) is 79.4 cm³/mol. The van der Waals surface area contributed by atoms with Gasteiger partial charge in [0.2, 0.25) is 5.75 Å². The Balaban J connectivity index is 2.69. The molecule has 1 aromatic heterocycles. The maximum atomic E-state index is 11.9. The largest absolute Gasteiger partial charge is 0.486 e. The Morgan fingerprint density at radius 2 is 1.84 bits per heavy atom. The average Bonchev–Trinajstić information content (AvgIpc) is 2.41. The highest BCUT2D eigenvalue weighted by Crippen LogP contribution is 2.10. The van der Waals surface area contributed by atoms with Crippen LogP contribution in [0.15, 0.2) is 9.59 Å². The Morgan fingerprint density at radius 3 is 2.47 bits per heavy atom. The van der Waals surface area contributed by atoms with E-state index in [1.54, 1.807) is 14.0 Å². The fraction of sp³-hybridized carbons (Fsp3) is 0.692. The van der Waals surface area contributed by atoms with Crippen LogP contribution in [0.3, 0.4) is 0 Å². The van der Waals surface area contributed by atoms with Crippen molar-refractivity contribution in [2.24, 2.45) is 14.1 Å². The second-order valence-electron chi connectivity index (χ2n) is 4.43. The van der Waals surface area contributed by atoms with Gasteiger partial charge < -0.3 is 4.74 Å². The third-order valence-electron chi connectivity index (χ3n) is 3.02. The van der Waals surface area contributed by atoms with Gasteiger partial charge in [-0.1, -0.05) is 13.3 Å². The first-order valence-electron chi connectivity index (χ1n) is 6.47. The minimum atomic E-state index is -0.362. The van der Waals surface area contributed by atoms with E-state index in [1.165, 1.54) is 24.5 Å². The van der Waals surface area contributed by atoms with Gasteiger partial charge in [0.25, 0.3) is 5.56 Å². The van der Waals surface area contributed by atoms with E-state index >= 15 is 0 Å². The van der Waals surface area contributed by atoms with Crippen LogP contribution in [0.25, 0.3) is 0 Å². The summed E-state index contributed by atoms with van der Waals surface area (Å²) in [7, 11) is 3.10. The SMILES string of the molecule is CCCCSCCOc1c(C)n(C)c(=O)n(C)c1=O. The van der Waals surface area contributed by atoms with Crippen molar-refractivity contribution in [2.45, 2.75) is 26.7 Å². The summed E-state index contributed by atoms with van der Waals surface area (Å²) < 4.78 is 8.06. The quantitative estimate of drug-likeness (QED) is 0.709. The predicted octanol–water partition coefficient (Wildman–Crippen LogP) is 1.30. The number of rotatable bonds is 7. The number of aromatic nitrogens is 2. The highest BCUT2D eigenvalue weighted by Gasteiger charge is 2.13. The summed E-state index contributed by atoms with van der Waals surface area (Å²) in [6, 6.07) is 0. The van der Waals surface area contributed by atoms with Crippen LogP contribution < -0.4 is 16.0 Å². The molecule has 108 valence electrons. The molecular formula is C13H22N2O3S. The summed E-state index contributed by atoms with van der Waals surface area (Å²) in [6.07, 6.45) is 2.39. The molecule has 0 aliphatic heterocycles. The fourth-order valence-electron chi connectivity index (χ4n) is 1.63. The second-order valence-corrected chi connectivity index (χ2v) is 5.66. The zero-order valence-corrected chi connectivity index (χ0v) is 12.9. The van der Waals surface area contributed by atoms with E-state index in [1.807, 2.05) is 11.8 Å². The second kappa shape index (κ2) is 7.43. The van der Waals surface area contributed by atoms with Crippen LogP contribution in [-0.4, -0.2) is 27.2 Å². The minimum Gasteiger partial charge on any atom is -0.486 e. The zero-order valence-electron chi connectivity index (χ0n) is 12.1. The minimum absolute atomic E-state index is 0.278. The molecule has 0 aliphatic carbocycles. The number of hydrogen-bond acceptors (Lipinski definition) is 4. The average molecular weight is 286 g/mol. The van der Waals surface area contributed by atoms with E-state index in [4.69, 9.17) is 4.74 Å². The third-order valence-corrected chi connectivity index (χ3v) is 4.05. The number of thioether (sulfide) groups is 1. The molecule has 0 aromatic carbocycles. The van der Waals surface area contributed by atoms with Gasteiger partial charge in [-0.3, -0.25) is 13.9 Å². The summed E-state index contributed by atoms with van der Waals surface area (Å²) in [6.45, 7) is 4.37. The molecule has 19 heavy (non-hydrogen) atoms. The van der Waals surface area contributed by atoms with Crippen LogP contribution in [0.1, 0.15) is 25.5 Å². The van der Waals surface area contributed by atoms with Gasteiger partial charge in [-0.2, -0.15) is 11.8 Å². The first-order valence-corrected chi connectivity index (χ1v) is 7.63. The molecule has 0 N–H and O–H groups in total. The Kier molecular flexibility index (Phi) is 6.21.